The number of fused-ring (bicyclic) bond motifs is 1. The summed E-state index contributed by atoms with van der Waals surface area (Å²) < 4.78 is 7.54. The van der Waals surface area contributed by atoms with Gasteiger partial charge in [-0.2, -0.15) is 5.26 Å². The van der Waals surface area contributed by atoms with Gasteiger partial charge in [-0.15, -0.1) is 0 Å². The minimum absolute atomic E-state index is 0.0163. The van der Waals surface area contributed by atoms with E-state index in [9.17, 15) is 9.59 Å². The van der Waals surface area contributed by atoms with Crippen molar-refractivity contribution in [3.63, 3.8) is 0 Å². The fourth-order valence-corrected chi connectivity index (χ4v) is 4.53. The molecule has 7 heteroatoms. The topological polar surface area (TPSA) is 87.4 Å². The predicted molar refractivity (Wildman–Crippen MR) is 115 cm³/mol. The molecule has 1 saturated heterocycles. The molecular weight excluding hydrogens is 392 g/mol. The number of aromatic nitrogens is 1. The summed E-state index contributed by atoms with van der Waals surface area (Å²) in [6.45, 7) is 6.24. The first-order chi connectivity index (χ1) is 15.0. The molecule has 1 aromatic heterocycles. The fraction of sp³-hybridized carbons (Fsp3) is 0.458. The normalized spacial score (nSPS) is 18.9. The van der Waals surface area contributed by atoms with E-state index in [1.807, 2.05) is 28.5 Å². The van der Waals surface area contributed by atoms with Gasteiger partial charge in [0.25, 0.3) is 11.8 Å². The number of carbonyl (C=O) groups is 2. The standard InChI is InChI=1S/C24H28N4O3/c1-3-20(18-8-6-17(14-25)7-9-18)26-23(29)21-13-19(22-15-31-12-11-28(21)22)24(30)27-10-4-5-16(27)2/h6-9,13,16,20H,3-5,10-12,15H2,1-2H3,(H,26,29)/t16-,20+/m0/s1. The Morgan fingerprint density at radius 2 is 2.06 bits per heavy atom. The number of benzene rings is 1. The fourth-order valence-electron chi connectivity index (χ4n) is 4.53. The van der Waals surface area contributed by atoms with Crippen LogP contribution in [0.4, 0.5) is 0 Å². The molecule has 4 rings (SSSR count). The number of rotatable bonds is 5. The van der Waals surface area contributed by atoms with E-state index >= 15 is 0 Å². The quantitative estimate of drug-likeness (QED) is 0.803. The van der Waals surface area contributed by atoms with Crippen molar-refractivity contribution in [3.8, 4) is 6.07 Å². The van der Waals surface area contributed by atoms with Gasteiger partial charge in [0.15, 0.2) is 0 Å². The van der Waals surface area contributed by atoms with Crippen LogP contribution in [-0.4, -0.2) is 40.5 Å². The number of nitriles is 1. The van der Waals surface area contributed by atoms with E-state index in [1.165, 1.54) is 0 Å². The summed E-state index contributed by atoms with van der Waals surface area (Å²) >= 11 is 0. The molecule has 0 unspecified atom stereocenters. The second kappa shape index (κ2) is 8.94. The molecule has 2 amide bonds. The number of nitrogens with one attached hydrogen (secondary N) is 1. The van der Waals surface area contributed by atoms with E-state index in [4.69, 9.17) is 10.00 Å². The highest BCUT2D eigenvalue weighted by molar-refractivity contribution is 6.01. The Labute approximate surface area is 182 Å². The Balaban J connectivity index is 1.60. The average Bonchev–Trinajstić information content (AvgIpc) is 3.41. The lowest BCUT2D eigenvalue weighted by Gasteiger charge is -2.23. The summed E-state index contributed by atoms with van der Waals surface area (Å²) in [5, 5.41) is 12.1. The van der Waals surface area contributed by atoms with E-state index in [0.717, 1.165) is 30.6 Å². The minimum Gasteiger partial charge on any atom is -0.373 e. The molecule has 2 aliphatic heterocycles. The summed E-state index contributed by atoms with van der Waals surface area (Å²) in [4.78, 5) is 28.4. The van der Waals surface area contributed by atoms with Gasteiger partial charge < -0.3 is 19.5 Å². The Hall–Kier alpha value is -3.11. The molecule has 1 fully saturated rings. The lowest BCUT2D eigenvalue weighted by atomic mass is 10.0. The van der Waals surface area contributed by atoms with Crippen LogP contribution >= 0.6 is 0 Å². The van der Waals surface area contributed by atoms with Crippen molar-refractivity contribution in [2.45, 2.75) is 58.3 Å². The highest BCUT2D eigenvalue weighted by Gasteiger charge is 2.32. The van der Waals surface area contributed by atoms with Crippen LogP contribution < -0.4 is 5.32 Å². The lowest BCUT2D eigenvalue weighted by Crippen LogP contribution is -2.34. The van der Waals surface area contributed by atoms with Gasteiger partial charge in [-0.3, -0.25) is 9.59 Å². The Kier molecular flexibility index (Phi) is 6.10. The molecule has 0 bridgehead atoms. The molecule has 0 spiro atoms. The Bertz CT molecular complexity index is 1020. The monoisotopic (exact) mass is 420 g/mol. The van der Waals surface area contributed by atoms with Crippen molar-refractivity contribution in [2.24, 2.45) is 0 Å². The van der Waals surface area contributed by atoms with Crippen LogP contribution in [0.2, 0.25) is 0 Å². The number of carbonyl (C=O) groups excluding carboxylic acids is 2. The third-order valence-electron chi connectivity index (χ3n) is 6.34. The lowest BCUT2D eigenvalue weighted by molar-refractivity contribution is 0.0696. The molecule has 7 nitrogen and oxygen atoms in total. The zero-order valence-corrected chi connectivity index (χ0v) is 18.1. The zero-order valence-electron chi connectivity index (χ0n) is 18.1. The van der Waals surface area contributed by atoms with Crippen molar-refractivity contribution in [1.82, 2.24) is 14.8 Å². The van der Waals surface area contributed by atoms with Crippen LogP contribution in [0.15, 0.2) is 30.3 Å². The third-order valence-corrected chi connectivity index (χ3v) is 6.34. The average molecular weight is 421 g/mol. The number of hydrogen-bond acceptors (Lipinski definition) is 4. The van der Waals surface area contributed by atoms with Crippen LogP contribution in [0, 0.1) is 11.3 Å². The second-order valence-corrected chi connectivity index (χ2v) is 8.25. The maximum atomic E-state index is 13.3. The van der Waals surface area contributed by atoms with Gasteiger partial charge in [-0.25, -0.2) is 0 Å². The van der Waals surface area contributed by atoms with Gasteiger partial charge >= 0.3 is 0 Å². The van der Waals surface area contributed by atoms with Gasteiger partial charge in [-0.1, -0.05) is 19.1 Å². The summed E-state index contributed by atoms with van der Waals surface area (Å²) in [6, 6.07) is 11.1. The number of nitrogens with zero attached hydrogens (tertiary/aromatic N) is 3. The molecule has 2 aromatic rings. The molecule has 1 N–H and O–H groups in total. The van der Waals surface area contributed by atoms with Gasteiger partial charge in [0, 0.05) is 19.1 Å². The number of ether oxygens (including phenoxy) is 1. The Morgan fingerprint density at radius 1 is 1.29 bits per heavy atom. The van der Waals surface area contributed by atoms with Crippen LogP contribution in [-0.2, 0) is 17.9 Å². The number of hydrogen-bond donors (Lipinski definition) is 1. The van der Waals surface area contributed by atoms with E-state index in [-0.39, 0.29) is 23.9 Å². The smallest absolute Gasteiger partial charge is 0.268 e. The highest BCUT2D eigenvalue weighted by atomic mass is 16.5. The highest BCUT2D eigenvalue weighted by Crippen LogP contribution is 2.27. The zero-order chi connectivity index (χ0) is 22.0. The summed E-state index contributed by atoms with van der Waals surface area (Å²) in [6.07, 6.45) is 2.73. The molecule has 31 heavy (non-hydrogen) atoms. The molecule has 2 aliphatic rings. The maximum absolute atomic E-state index is 13.3. The van der Waals surface area contributed by atoms with Crippen molar-refractivity contribution in [2.75, 3.05) is 13.2 Å². The first-order valence-corrected chi connectivity index (χ1v) is 11.0. The van der Waals surface area contributed by atoms with Crippen LogP contribution in [0.25, 0.3) is 0 Å². The second-order valence-electron chi connectivity index (χ2n) is 8.25. The van der Waals surface area contributed by atoms with Crippen molar-refractivity contribution >= 4 is 11.8 Å². The molecular formula is C24H28N4O3. The third kappa shape index (κ3) is 4.08. The molecule has 0 saturated carbocycles. The molecule has 0 aliphatic carbocycles. The largest absolute Gasteiger partial charge is 0.373 e. The molecule has 0 radical (unpaired) electrons. The van der Waals surface area contributed by atoms with Crippen molar-refractivity contribution in [3.05, 3.63) is 58.4 Å². The van der Waals surface area contributed by atoms with Gasteiger partial charge in [0.2, 0.25) is 0 Å². The number of amides is 2. The van der Waals surface area contributed by atoms with Gasteiger partial charge in [0.1, 0.15) is 5.69 Å². The van der Waals surface area contributed by atoms with Crippen molar-refractivity contribution < 1.29 is 14.3 Å². The van der Waals surface area contributed by atoms with Crippen molar-refractivity contribution in [1.29, 1.82) is 5.26 Å². The van der Waals surface area contributed by atoms with E-state index in [0.29, 0.717) is 43.0 Å². The van der Waals surface area contributed by atoms with Crippen LogP contribution in [0.1, 0.15) is 76.8 Å². The van der Waals surface area contributed by atoms with Crippen LogP contribution in [0.5, 0.6) is 0 Å². The van der Waals surface area contributed by atoms with E-state index < -0.39 is 0 Å². The summed E-state index contributed by atoms with van der Waals surface area (Å²) in [5.74, 6) is -0.217. The Morgan fingerprint density at radius 3 is 2.71 bits per heavy atom. The summed E-state index contributed by atoms with van der Waals surface area (Å²) in [5.41, 5.74) is 3.40. The van der Waals surface area contributed by atoms with E-state index in [1.54, 1.807) is 18.2 Å². The minimum atomic E-state index is -0.201. The molecule has 3 heterocycles. The molecule has 2 atom stereocenters. The van der Waals surface area contributed by atoms with Gasteiger partial charge in [0.05, 0.1) is 42.1 Å². The van der Waals surface area contributed by atoms with Crippen LogP contribution in [0.3, 0.4) is 0 Å². The predicted octanol–water partition coefficient (Wildman–Crippen LogP) is 3.40. The molecule has 1 aromatic carbocycles. The van der Waals surface area contributed by atoms with Gasteiger partial charge in [-0.05, 0) is 49.9 Å². The maximum Gasteiger partial charge on any atom is 0.268 e. The SMILES string of the molecule is CC[C@@H](NC(=O)c1cc(C(=O)N2CCC[C@@H]2C)c2n1CCOC2)c1ccc(C#N)cc1. The molecule has 162 valence electrons. The van der Waals surface area contributed by atoms with E-state index in [2.05, 4.69) is 18.3 Å². The first kappa shape index (κ1) is 21.1. The number of likely N-dealkylation sites (tertiary alicyclic amines) is 1. The summed E-state index contributed by atoms with van der Waals surface area (Å²) in [7, 11) is 0. The first-order valence-electron chi connectivity index (χ1n) is 11.0.